The highest BCUT2D eigenvalue weighted by Gasteiger charge is 2.18. The van der Waals surface area contributed by atoms with Crippen molar-refractivity contribution >= 4 is 16.9 Å². The van der Waals surface area contributed by atoms with Gasteiger partial charge in [0.1, 0.15) is 17.1 Å². The molecule has 7 nitrogen and oxygen atoms in total. The molecule has 2 heterocycles. The summed E-state index contributed by atoms with van der Waals surface area (Å²) in [4.78, 5) is 33.6. The third-order valence-electron chi connectivity index (χ3n) is 4.09. The lowest BCUT2D eigenvalue weighted by atomic mass is 10.2. The Morgan fingerprint density at radius 3 is 2.81 bits per heavy atom. The quantitative estimate of drug-likeness (QED) is 0.656. The van der Waals surface area contributed by atoms with Gasteiger partial charge in [0.2, 0.25) is 0 Å². The molecule has 0 bridgehead atoms. The molecule has 0 atom stereocenters. The monoisotopic (exact) mass is 355 g/mol. The molecule has 0 aliphatic carbocycles. The van der Waals surface area contributed by atoms with Gasteiger partial charge in [-0.3, -0.25) is 9.69 Å². The molecule has 26 heavy (non-hydrogen) atoms. The van der Waals surface area contributed by atoms with Gasteiger partial charge in [0.05, 0.1) is 36.9 Å². The molecule has 1 N–H and O–H groups in total. The number of benzene rings is 1. The Morgan fingerprint density at radius 2 is 2.04 bits per heavy atom. The van der Waals surface area contributed by atoms with Crippen LogP contribution in [0.5, 0.6) is 0 Å². The highest BCUT2D eigenvalue weighted by atomic mass is 16.5. The van der Waals surface area contributed by atoms with Gasteiger partial charge in [0.15, 0.2) is 0 Å². The highest BCUT2D eigenvalue weighted by molar-refractivity contribution is 5.90. The molecule has 0 unspecified atom stereocenters. The number of aromatic amines is 1. The average Bonchev–Trinajstić information content (AvgIpc) is 3.09. The number of rotatable bonds is 7. The first-order chi connectivity index (χ1) is 12.6. The summed E-state index contributed by atoms with van der Waals surface area (Å²) in [5, 5.41) is 0.565. The van der Waals surface area contributed by atoms with Gasteiger partial charge in [0.25, 0.3) is 5.56 Å². The van der Waals surface area contributed by atoms with Crippen LogP contribution in [-0.2, 0) is 17.8 Å². The average molecular weight is 355 g/mol. The summed E-state index contributed by atoms with van der Waals surface area (Å²) in [5.74, 6) is 0.706. The van der Waals surface area contributed by atoms with E-state index < -0.39 is 5.97 Å². The third-order valence-corrected chi connectivity index (χ3v) is 4.09. The van der Waals surface area contributed by atoms with Gasteiger partial charge in [-0.1, -0.05) is 19.1 Å². The van der Waals surface area contributed by atoms with Crippen LogP contribution in [-0.4, -0.2) is 34.0 Å². The maximum Gasteiger partial charge on any atom is 0.341 e. The predicted molar refractivity (Wildman–Crippen MR) is 96.8 cm³/mol. The zero-order chi connectivity index (χ0) is 18.5. The number of nitrogens with zero attached hydrogens (tertiary/aromatic N) is 2. The van der Waals surface area contributed by atoms with Crippen molar-refractivity contribution in [1.29, 1.82) is 0 Å². The number of H-pyrrole nitrogens is 1. The van der Waals surface area contributed by atoms with Crippen LogP contribution in [0, 0.1) is 0 Å². The van der Waals surface area contributed by atoms with Crippen molar-refractivity contribution in [2.45, 2.75) is 26.9 Å². The molecule has 0 spiro atoms. The van der Waals surface area contributed by atoms with Crippen molar-refractivity contribution in [3.63, 3.8) is 0 Å². The van der Waals surface area contributed by atoms with Gasteiger partial charge in [-0.15, -0.1) is 0 Å². The van der Waals surface area contributed by atoms with Crippen molar-refractivity contribution < 1.29 is 13.9 Å². The summed E-state index contributed by atoms with van der Waals surface area (Å²) in [5.41, 5.74) is 0.921. The van der Waals surface area contributed by atoms with Crippen LogP contribution >= 0.6 is 0 Å². The number of hydrogen-bond donors (Lipinski definition) is 1. The Hall–Kier alpha value is -2.93. The Balaban J connectivity index is 1.80. The zero-order valence-corrected chi connectivity index (χ0v) is 14.8. The molecule has 3 aromatic rings. The minimum atomic E-state index is -0.399. The molecular formula is C19H21N3O4. The first kappa shape index (κ1) is 17.9. The summed E-state index contributed by atoms with van der Waals surface area (Å²) in [6, 6.07) is 8.83. The number of fused-ring (bicyclic) bond motifs is 1. The molecule has 0 fully saturated rings. The number of esters is 1. The maximum absolute atomic E-state index is 12.2. The van der Waals surface area contributed by atoms with Gasteiger partial charge < -0.3 is 14.1 Å². The molecule has 3 rings (SSSR count). The van der Waals surface area contributed by atoms with E-state index in [1.165, 1.54) is 6.26 Å². The Morgan fingerprint density at radius 1 is 1.23 bits per heavy atom. The topological polar surface area (TPSA) is 88.4 Å². The van der Waals surface area contributed by atoms with E-state index in [9.17, 15) is 9.59 Å². The van der Waals surface area contributed by atoms with Crippen molar-refractivity contribution in [1.82, 2.24) is 14.9 Å². The minimum Gasteiger partial charge on any atom is -0.467 e. The van der Waals surface area contributed by atoms with Gasteiger partial charge in [-0.2, -0.15) is 0 Å². The van der Waals surface area contributed by atoms with Crippen molar-refractivity contribution in [2.24, 2.45) is 0 Å². The largest absolute Gasteiger partial charge is 0.467 e. The normalized spacial score (nSPS) is 11.2. The van der Waals surface area contributed by atoms with Crippen molar-refractivity contribution in [2.75, 3.05) is 13.2 Å². The van der Waals surface area contributed by atoms with E-state index in [4.69, 9.17) is 9.15 Å². The van der Waals surface area contributed by atoms with Gasteiger partial charge in [0, 0.05) is 0 Å². The number of carbonyl (C=O) groups excluding carboxylic acids is 1. The van der Waals surface area contributed by atoms with E-state index in [-0.39, 0.29) is 5.56 Å². The predicted octanol–water partition coefficient (Wildman–Crippen LogP) is 2.71. The molecule has 0 aliphatic rings. The molecular weight excluding hydrogens is 334 g/mol. The zero-order valence-electron chi connectivity index (χ0n) is 14.8. The number of hydrogen-bond acceptors (Lipinski definition) is 6. The maximum atomic E-state index is 12.2. The van der Waals surface area contributed by atoms with E-state index in [1.54, 1.807) is 19.1 Å². The fourth-order valence-corrected chi connectivity index (χ4v) is 2.76. The molecule has 0 amide bonds. The summed E-state index contributed by atoms with van der Waals surface area (Å²) in [7, 11) is 0. The number of aromatic nitrogens is 2. The number of furan rings is 1. The van der Waals surface area contributed by atoms with E-state index in [1.807, 2.05) is 30.0 Å². The lowest BCUT2D eigenvalue weighted by molar-refractivity contribution is 0.0522. The molecule has 7 heteroatoms. The molecule has 1 aromatic carbocycles. The SMILES string of the molecule is CCOC(=O)c1ccoc1CN(CC)Cc1nc2ccccc2c(=O)[nH]1. The van der Waals surface area contributed by atoms with Crippen LogP contribution in [0.15, 0.2) is 45.8 Å². The molecule has 0 aliphatic heterocycles. The smallest absolute Gasteiger partial charge is 0.341 e. The number of nitrogens with one attached hydrogen (secondary N) is 1. The van der Waals surface area contributed by atoms with E-state index in [0.29, 0.717) is 54.3 Å². The molecule has 0 saturated carbocycles. The standard InChI is InChI=1S/C19H21N3O4/c1-3-22(11-16-14(9-10-26-16)19(24)25-4-2)12-17-20-15-8-6-5-7-13(15)18(23)21-17/h5-10H,3-4,11-12H2,1-2H3,(H,20,21,23). The van der Waals surface area contributed by atoms with Crippen LogP contribution < -0.4 is 5.56 Å². The van der Waals surface area contributed by atoms with Crippen molar-refractivity contribution in [3.8, 4) is 0 Å². The molecule has 0 saturated heterocycles. The van der Waals surface area contributed by atoms with Gasteiger partial charge >= 0.3 is 5.97 Å². The van der Waals surface area contributed by atoms with Crippen LogP contribution in [0.1, 0.15) is 35.8 Å². The number of ether oxygens (including phenoxy) is 1. The molecule has 0 radical (unpaired) electrons. The summed E-state index contributed by atoms with van der Waals surface area (Å²) < 4.78 is 10.5. The second kappa shape index (κ2) is 7.97. The van der Waals surface area contributed by atoms with Crippen molar-refractivity contribution in [3.05, 3.63) is 64.1 Å². The van der Waals surface area contributed by atoms with E-state index in [2.05, 4.69) is 9.97 Å². The first-order valence-corrected chi connectivity index (χ1v) is 8.56. The van der Waals surface area contributed by atoms with Crippen LogP contribution in [0.4, 0.5) is 0 Å². The second-order valence-electron chi connectivity index (χ2n) is 5.81. The van der Waals surface area contributed by atoms with Crippen LogP contribution in [0.2, 0.25) is 0 Å². The first-order valence-electron chi connectivity index (χ1n) is 8.56. The lowest BCUT2D eigenvalue weighted by Crippen LogP contribution is -2.26. The van der Waals surface area contributed by atoms with Gasteiger partial charge in [-0.25, -0.2) is 9.78 Å². The number of carbonyl (C=O) groups is 1. The Kier molecular flexibility index (Phi) is 5.48. The summed E-state index contributed by atoms with van der Waals surface area (Å²) in [6.07, 6.45) is 1.48. The summed E-state index contributed by atoms with van der Waals surface area (Å²) >= 11 is 0. The second-order valence-corrected chi connectivity index (χ2v) is 5.81. The van der Waals surface area contributed by atoms with Gasteiger partial charge in [-0.05, 0) is 31.7 Å². The molecule has 136 valence electrons. The van der Waals surface area contributed by atoms with Crippen LogP contribution in [0.3, 0.4) is 0 Å². The Labute approximate surface area is 150 Å². The number of para-hydroxylation sites is 1. The molecule has 2 aromatic heterocycles. The minimum absolute atomic E-state index is 0.160. The van der Waals surface area contributed by atoms with E-state index in [0.717, 1.165) is 0 Å². The Bertz CT molecular complexity index is 961. The lowest BCUT2D eigenvalue weighted by Gasteiger charge is -2.19. The fraction of sp³-hybridized carbons (Fsp3) is 0.316. The third kappa shape index (κ3) is 3.83. The van der Waals surface area contributed by atoms with E-state index >= 15 is 0 Å². The highest BCUT2D eigenvalue weighted by Crippen LogP contribution is 2.16. The summed E-state index contributed by atoms with van der Waals surface area (Å²) in [6.45, 7) is 5.60. The fourth-order valence-electron chi connectivity index (χ4n) is 2.76. The van der Waals surface area contributed by atoms with Crippen LogP contribution in [0.25, 0.3) is 10.9 Å².